The van der Waals surface area contributed by atoms with Crippen molar-refractivity contribution in [2.45, 2.75) is 13.5 Å². The van der Waals surface area contributed by atoms with Crippen molar-refractivity contribution in [2.24, 2.45) is 0 Å². The van der Waals surface area contributed by atoms with Gasteiger partial charge in [-0.05, 0) is 13.0 Å². The number of nitrogens with zero attached hydrogens (tertiary/aromatic N) is 1. The Hall–Kier alpha value is -2.24. The van der Waals surface area contributed by atoms with Gasteiger partial charge in [0.15, 0.2) is 5.82 Å². The van der Waals surface area contributed by atoms with Crippen molar-refractivity contribution in [1.82, 2.24) is 9.97 Å². The van der Waals surface area contributed by atoms with Crippen molar-refractivity contribution in [2.75, 3.05) is 0 Å². The van der Waals surface area contributed by atoms with E-state index in [4.69, 9.17) is 4.74 Å². The van der Waals surface area contributed by atoms with Gasteiger partial charge in [0.25, 0.3) is 5.56 Å². The molecule has 2 aromatic heterocycles. The van der Waals surface area contributed by atoms with E-state index in [2.05, 4.69) is 9.97 Å². The highest BCUT2D eigenvalue weighted by atomic mass is 19.1. The average molecular weight is 252 g/mol. The number of pyridine rings is 2. The van der Waals surface area contributed by atoms with Gasteiger partial charge in [-0.3, -0.25) is 9.78 Å². The second-order valence-electron chi connectivity index (χ2n) is 3.73. The molecule has 0 spiro atoms. The summed E-state index contributed by atoms with van der Waals surface area (Å²) >= 11 is 0. The summed E-state index contributed by atoms with van der Waals surface area (Å²) in [6.45, 7) is 1.53. The summed E-state index contributed by atoms with van der Waals surface area (Å²) in [5.41, 5.74) is 0.303. The minimum absolute atomic E-state index is 0.0191. The summed E-state index contributed by atoms with van der Waals surface area (Å²) < 4.78 is 31.1. The molecule has 18 heavy (non-hydrogen) atoms. The molecule has 0 atom stereocenters. The third-order valence-electron chi connectivity index (χ3n) is 2.21. The van der Waals surface area contributed by atoms with Crippen LogP contribution in [0, 0.1) is 18.6 Å². The topological polar surface area (TPSA) is 55.0 Å². The number of nitrogens with one attached hydrogen (secondary N) is 1. The smallest absolute Gasteiger partial charge is 0.251 e. The molecule has 0 radical (unpaired) electrons. The molecular formula is C12H10F2N2O2. The lowest BCUT2D eigenvalue weighted by Crippen LogP contribution is -2.08. The van der Waals surface area contributed by atoms with E-state index >= 15 is 0 Å². The van der Waals surface area contributed by atoms with Gasteiger partial charge in [-0.2, -0.15) is 0 Å². The van der Waals surface area contributed by atoms with Crippen LogP contribution in [0.3, 0.4) is 0 Å². The second kappa shape index (κ2) is 4.95. The summed E-state index contributed by atoms with van der Waals surface area (Å²) in [4.78, 5) is 17.3. The van der Waals surface area contributed by atoms with Crippen molar-refractivity contribution >= 4 is 0 Å². The molecule has 0 amide bonds. The van der Waals surface area contributed by atoms with Crippen LogP contribution >= 0.6 is 0 Å². The fourth-order valence-electron chi connectivity index (χ4n) is 1.43. The van der Waals surface area contributed by atoms with E-state index in [9.17, 15) is 13.6 Å². The molecule has 4 nitrogen and oxygen atoms in total. The highest BCUT2D eigenvalue weighted by Gasteiger charge is 2.06. The fourth-order valence-corrected chi connectivity index (χ4v) is 1.43. The van der Waals surface area contributed by atoms with E-state index in [1.807, 2.05) is 0 Å². The summed E-state index contributed by atoms with van der Waals surface area (Å²) in [7, 11) is 0. The van der Waals surface area contributed by atoms with Crippen LogP contribution in [0.2, 0.25) is 0 Å². The maximum absolute atomic E-state index is 13.3. The Morgan fingerprint density at radius 3 is 2.78 bits per heavy atom. The molecule has 0 aliphatic rings. The number of aryl methyl sites for hydroxylation is 1. The first-order valence-corrected chi connectivity index (χ1v) is 5.18. The Labute approximate surface area is 101 Å². The van der Waals surface area contributed by atoms with Gasteiger partial charge in [0.2, 0.25) is 0 Å². The molecule has 94 valence electrons. The molecule has 6 heteroatoms. The largest absolute Gasteiger partial charge is 0.487 e. The SMILES string of the molecule is Cc1cc(OCc2ncc(F)cc2F)cc(=O)[nH]1. The maximum atomic E-state index is 13.3. The monoisotopic (exact) mass is 252 g/mol. The number of aromatic amines is 1. The highest BCUT2D eigenvalue weighted by molar-refractivity contribution is 5.22. The van der Waals surface area contributed by atoms with E-state index in [1.165, 1.54) is 6.07 Å². The Bertz CT molecular complexity index is 626. The van der Waals surface area contributed by atoms with Gasteiger partial charge in [-0.25, -0.2) is 8.78 Å². The number of halogens is 2. The molecular weight excluding hydrogens is 242 g/mol. The van der Waals surface area contributed by atoms with Crippen molar-refractivity contribution in [3.8, 4) is 5.75 Å². The molecule has 2 rings (SSSR count). The van der Waals surface area contributed by atoms with Crippen molar-refractivity contribution in [3.63, 3.8) is 0 Å². The zero-order chi connectivity index (χ0) is 13.1. The van der Waals surface area contributed by atoms with Crippen molar-refractivity contribution in [3.05, 3.63) is 57.8 Å². The molecule has 0 aliphatic carbocycles. The number of hydrogen-bond donors (Lipinski definition) is 1. The van der Waals surface area contributed by atoms with E-state index < -0.39 is 11.6 Å². The predicted octanol–water partition coefficient (Wildman–Crippen LogP) is 1.94. The summed E-state index contributed by atoms with van der Waals surface area (Å²) in [5.74, 6) is -1.22. The van der Waals surface area contributed by atoms with E-state index in [1.54, 1.807) is 13.0 Å². The maximum Gasteiger partial charge on any atom is 0.251 e. The molecule has 0 aliphatic heterocycles. The minimum atomic E-state index is -0.781. The van der Waals surface area contributed by atoms with Crippen LogP contribution < -0.4 is 10.3 Å². The van der Waals surface area contributed by atoms with Crippen LogP contribution in [0.15, 0.2) is 29.2 Å². The average Bonchev–Trinajstić information content (AvgIpc) is 2.26. The second-order valence-corrected chi connectivity index (χ2v) is 3.73. The minimum Gasteiger partial charge on any atom is -0.487 e. The quantitative estimate of drug-likeness (QED) is 0.908. The lowest BCUT2D eigenvalue weighted by molar-refractivity contribution is 0.292. The zero-order valence-corrected chi connectivity index (χ0v) is 9.54. The van der Waals surface area contributed by atoms with Gasteiger partial charge in [0.05, 0.1) is 6.20 Å². The van der Waals surface area contributed by atoms with Crippen LogP contribution in [0.1, 0.15) is 11.4 Å². The Balaban J connectivity index is 2.13. The molecule has 0 saturated carbocycles. The number of aromatic nitrogens is 2. The Kier molecular flexibility index (Phi) is 3.36. The first-order chi connectivity index (χ1) is 8.54. The predicted molar refractivity (Wildman–Crippen MR) is 60.3 cm³/mol. The van der Waals surface area contributed by atoms with Crippen LogP contribution in [0.4, 0.5) is 8.78 Å². The fraction of sp³-hybridized carbons (Fsp3) is 0.167. The lowest BCUT2D eigenvalue weighted by atomic mass is 10.3. The molecule has 0 unspecified atom stereocenters. The van der Waals surface area contributed by atoms with Gasteiger partial charge in [0, 0.05) is 17.8 Å². The zero-order valence-electron chi connectivity index (χ0n) is 9.54. The number of H-pyrrole nitrogens is 1. The molecule has 0 bridgehead atoms. The molecule has 0 fully saturated rings. The molecule has 2 heterocycles. The molecule has 0 saturated heterocycles. The number of hydrogen-bond acceptors (Lipinski definition) is 3. The van der Waals surface area contributed by atoms with Crippen LogP contribution in [-0.2, 0) is 6.61 Å². The summed E-state index contributed by atoms with van der Waals surface area (Å²) in [5, 5.41) is 0. The standard InChI is InChI=1S/C12H10F2N2O2/c1-7-2-9(4-12(17)16-7)18-6-11-10(14)3-8(13)5-15-11/h2-5H,6H2,1H3,(H,16,17). The van der Waals surface area contributed by atoms with Gasteiger partial charge in [-0.15, -0.1) is 0 Å². The van der Waals surface area contributed by atoms with Gasteiger partial charge >= 0.3 is 0 Å². The Morgan fingerprint density at radius 1 is 1.33 bits per heavy atom. The lowest BCUT2D eigenvalue weighted by Gasteiger charge is -2.06. The van der Waals surface area contributed by atoms with Gasteiger partial charge in [-0.1, -0.05) is 0 Å². The summed E-state index contributed by atoms with van der Waals surface area (Å²) in [6.07, 6.45) is 0.908. The van der Waals surface area contributed by atoms with Crippen molar-refractivity contribution in [1.29, 1.82) is 0 Å². The first-order valence-electron chi connectivity index (χ1n) is 5.18. The Morgan fingerprint density at radius 2 is 2.11 bits per heavy atom. The van der Waals surface area contributed by atoms with Crippen LogP contribution in [0.25, 0.3) is 0 Å². The van der Waals surface area contributed by atoms with Crippen LogP contribution in [0.5, 0.6) is 5.75 Å². The molecule has 2 aromatic rings. The van der Waals surface area contributed by atoms with E-state index in [-0.39, 0.29) is 17.9 Å². The van der Waals surface area contributed by atoms with Crippen molar-refractivity contribution < 1.29 is 13.5 Å². The number of ether oxygens (including phenoxy) is 1. The normalized spacial score (nSPS) is 10.4. The van der Waals surface area contributed by atoms with Gasteiger partial charge < -0.3 is 9.72 Å². The third kappa shape index (κ3) is 2.91. The first kappa shape index (κ1) is 12.2. The number of rotatable bonds is 3. The van der Waals surface area contributed by atoms with Gasteiger partial charge in [0.1, 0.15) is 23.9 Å². The molecule has 0 aromatic carbocycles. The highest BCUT2D eigenvalue weighted by Crippen LogP contribution is 2.12. The van der Waals surface area contributed by atoms with E-state index in [0.29, 0.717) is 11.4 Å². The molecule has 1 N–H and O–H groups in total. The summed E-state index contributed by atoms with van der Waals surface area (Å²) in [6, 6.07) is 3.58. The van der Waals surface area contributed by atoms with E-state index in [0.717, 1.165) is 12.3 Å². The van der Waals surface area contributed by atoms with Crippen LogP contribution in [-0.4, -0.2) is 9.97 Å². The third-order valence-corrected chi connectivity index (χ3v) is 2.21.